The van der Waals surface area contributed by atoms with Crippen molar-refractivity contribution in [2.45, 2.75) is 38.6 Å². The molecule has 0 aliphatic heterocycles. The van der Waals surface area contributed by atoms with Crippen molar-refractivity contribution in [3.8, 4) is 0 Å². The zero-order valence-electron chi connectivity index (χ0n) is 12.1. The van der Waals surface area contributed by atoms with Crippen molar-refractivity contribution in [1.29, 1.82) is 0 Å². The highest BCUT2D eigenvalue weighted by molar-refractivity contribution is 5.78. The number of hydrogen-bond donors (Lipinski definition) is 1. The van der Waals surface area contributed by atoms with Gasteiger partial charge in [-0.2, -0.15) is 0 Å². The molecule has 1 heterocycles. The van der Waals surface area contributed by atoms with Gasteiger partial charge in [-0.25, -0.2) is 9.97 Å². The summed E-state index contributed by atoms with van der Waals surface area (Å²) in [6.45, 7) is 1.89. The van der Waals surface area contributed by atoms with Crippen LogP contribution in [0.25, 0.3) is 11.0 Å². The molecular weight excluding hydrogens is 266 g/mol. The molecule has 1 fully saturated rings. The lowest BCUT2D eigenvalue weighted by Gasteiger charge is -2.29. The van der Waals surface area contributed by atoms with Gasteiger partial charge in [0.05, 0.1) is 16.7 Å². The van der Waals surface area contributed by atoms with Gasteiger partial charge in [0.2, 0.25) is 0 Å². The molecule has 1 aromatic carbocycles. The van der Waals surface area contributed by atoms with Crippen LogP contribution in [-0.4, -0.2) is 33.6 Å². The number of rotatable bonds is 4. The zero-order valence-corrected chi connectivity index (χ0v) is 12.1. The monoisotopic (exact) mass is 285 g/mol. The van der Waals surface area contributed by atoms with Crippen molar-refractivity contribution in [2.75, 3.05) is 11.4 Å². The predicted octanol–water partition coefficient (Wildman–Crippen LogP) is 2.77. The first-order valence-electron chi connectivity index (χ1n) is 7.37. The van der Waals surface area contributed by atoms with E-state index < -0.39 is 5.97 Å². The van der Waals surface area contributed by atoms with Crippen LogP contribution >= 0.6 is 0 Å². The van der Waals surface area contributed by atoms with Gasteiger partial charge in [-0.05, 0) is 31.9 Å². The van der Waals surface area contributed by atoms with Crippen molar-refractivity contribution >= 4 is 22.8 Å². The van der Waals surface area contributed by atoms with Crippen LogP contribution in [0.1, 0.15) is 31.4 Å². The molecule has 1 aliphatic carbocycles. The molecule has 1 aromatic heterocycles. The fraction of sp³-hybridized carbons (Fsp3) is 0.438. The normalized spacial score (nSPS) is 15.5. The molecule has 0 amide bonds. The molecule has 0 atom stereocenters. The maximum Gasteiger partial charge on any atom is 0.323 e. The second-order valence-corrected chi connectivity index (χ2v) is 5.58. The topological polar surface area (TPSA) is 66.3 Å². The van der Waals surface area contributed by atoms with Crippen molar-refractivity contribution in [3.05, 3.63) is 30.0 Å². The number of para-hydroxylation sites is 2. The van der Waals surface area contributed by atoms with Gasteiger partial charge in [0.25, 0.3) is 0 Å². The Kier molecular flexibility index (Phi) is 3.73. The van der Waals surface area contributed by atoms with Gasteiger partial charge < -0.3 is 10.0 Å². The van der Waals surface area contributed by atoms with E-state index in [4.69, 9.17) is 0 Å². The molecule has 21 heavy (non-hydrogen) atoms. The number of nitrogens with zero attached hydrogens (tertiary/aromatic N) is 3. The summed E-state index contributed by atoms with van der Waals surface area (Å²) in [5.74, 6) is -0.112. The van der Waals surface area contributed by atoms with E-state index in [0.29, 0.717) is 5.82 Å². The molecule has 2 aromatic rings. The number of fused-ring (bicyclic) bond motifs is 1. The summed E-state index contributed by atoms with van der Waals surface area (Å²) in [4.78, 5) is 22.4. The van der Waals surface area contributed by atoms with Crippen molar-refractivity contribution < 1.29 is 9.90 Å². The Hall–Kier alpha value is -2.17. The second-order valence-electron chi connectivity index (χ2n) is 5.58. The molecule has 110 valence electrons. The average Bonchev–Trinajstić information content (AvgIpc) is 2.98. The number of anilines is 1. The maximum atomic E-state index is 11.2. The predicted molar refractivity (Wildman–Crippen MR) is 81.5 cm³/mol. The molecule has 1 N–H and O–H groups in total. The van der Waals surface area contributed by atoms with E-state index in [-0.39, 0.29) is 12.6 Å². The summed E-state index contributed by atoms with van der Waals surface area (Å²) in [6, 6.07) is 7.96. The first kappa shape index (κ1) is 13.8. The number of aliphatic carboxylic acids is 1. The first-order chi connectivity index (χ1) is 10.1. The van der Waals surface area contributed by atoms with Crippen LogP contribution in [0.2, 0.25) is 0 Å². The Bertz CT molecular complexity index is 666. The highest BCUT2D eigenvalue weighted by Gasteiger charge is 2.27. The minimum Gasteiger partial charge on any atom is -0.480 e. The van der Waals surface area contributed by atoms with Crippen LogP contribution in [-0.2, 0) is 4.79 Å². The SMILES string of the molecule is Cc1nc2ccccc2nc1N(CC(=O)O)C1CCCC1. The van der Waals surface area contributed by atoms with E-state index in [1.54, 1.807) is 0 Å². The fourth-order valence-electron chi connectivity index (χ4n) is 3.09. The number of carboxylic acid groups (broad SMARTS) is 1. The molecule has 5 heteroatoms. The third-order valence-electron chi connectivity index (χ3n) is 4.06. The smallest absolute Gasteiger partial charge is 0.323 e. The van der Waals surface area contributed by atoms with Gasteiger partial charge in [0, 0.05) is 6.04 Å². The number of aryl methyl sites for hydroxylation is 1. The van der Waals surface area contributed by atoms with Crippen molar-refractivity contribution in [1.82, 2.24) is 9.97 Å². The average molecular weight is 285 g/mol. The molecule has 0 radical (unpaired) electrons. The van der Waals surface area contributed by atoms with E-state index in [2.05, 4.69) is 9.97 Å². The quantitative estimate of drug-likeness (QED) is 0.935. The Morgan fingerprint density at radius 3 is 2.48 bits per heavy atom. The van der Waals surface area contributed by atoms with E-state index in [0.717, 1.165) is 42.4 Å². The minimum absolute atomic E-state index is 0.0154. The van der Waals surface area contributed by atoms with Crippen LogP contribution in [0, 0.1) is 6.92 Å². The minimum atomic E-state index is -0.823. The van der Waals surface area contributed by atoms with E-state index in [9.17, 15) is 9.90 Å². The molecule has 0 unspecified atom stereocenters. The number of aromatic nitrogens is 2. The molecule has 0 bridgehead atoms. The second kappa shape index (κ2) is 5.68. The summed E-state index contributed by atoms with van der Waals surface area (Å²) < 4.78 is 0. The first-order valence-corrected chi connectivity index (χ1v) is 7.37. The third kappa shape index (κ3) is 2.82. The molecule has 5 nitrogen and oxygen atoms in total. The van der Waals surface area contributed by atoms with E-state index >= 15 is 0 Å². The molecule has 0 spiro atoms. The van der Waals surface area contributed by atoms with Crippen LogP contribution in [0.5, 0.6) is 0 Å². The number of carbonyl (C=O) groups is 1. The summed E-state index contributed by atoms with van der Waals surface area (Å²) in [5, 5.41) is 9.22. The van der Waals surface area contributed by atoms with Gasteiger partial charge in [-0.1, -0.05) is 25.0 Å². The summed E-state index contributed by atoms with van der Waals surface area (Å²) in [6.07, 6.45) is 4.37. The highest BCUT2D eigenvalue weighted by atomic mass is 16.4. The Balaban J connectivity index is 2.04. The molecular formula is C16H19N3O2. The molecule has 3 rings (SSSR count). The summed E-state index contributed by atoms with van der Waals surface area (Å²) in [7, 11) is 0. The van der Waals surface area contributed by atoms with Gasteiger partial charge >= 0.3 is 5.97 Å². The Labute approximate surface area is 123 Å². The Morgan fingerprint density at radius 1 is 1.24 bits per heavy atom. The number of carboxylic acids is 1. The molecule has 1 aliphatic rings. The summed E-state index contributed by atoms with van der Waals surface area (Å²) >= 11 is 0. The largest absolute Gasteiger partial charge is 0.480 e. The number of benzene rings is 1. The lowest BCUT2D eigenvalue weighted by molar-refractivity contribution is -0.135. The standard InChI is InChI=1S/C16H19N3O2/c1-11-16(18-14-9-5-4-8-13(14)17-11)19(10-15(20)21)12-6-2-3-7-12/h4-5,8-9,12H,2-3,6-7,10H2,1H3,(H,20,21). The maximum absolute atomic E-state index is 11.2. The third-order valence-corrected chi connectivity index (χ3v) is 4.06. The van der Waals surface area contributed by atoms with Crippen LogP contribution < -0.4 is 4.90 Å². The summed E-state index contributed by atoms with van der Waals surface area (Å²) in [5.41, 5.74) is 2.45. The van der Waals surface area contributed by atoms with Crippen molar-refractivity contribution in [2.24, 2.45) is 0 Å². The van der Waals surface area contributed by atoms with Gasteiger partial charge in [0.1, 0.15) is 6.54 Å². The fourth-order valence-corrected chi connectivity index (χ4v) is 3.09. The van der Waals surface area contributed by atoms with Crippen LogP contribution in [0.15, 0.2) is 24.3 Å². The van der Waals surface area contributed by atoms with Gasteiger partial charge in [0.15, 0.2) is 5.82 Å². The van der Waals surface area contributed by atoms with Crippen LogP contribution in [0.4, 0.5) is 5.82 Å². The molecule has 1 saturated carbocycles. The molecule has 0 saturated heterocycles. The van der Waals surface area contributed by atoms with E-state index in [1.807, 2.05) is 36.1 Å². The zero-order chi connectivity index (χ0) is 14.8. The van der Waals surface area contributed by atoms with Crippen LogP contribution in [0.3, 0.4) is 0 Å². The van der Waals surface area contributed by atoms with Crippen molar-refractivity contribution in [3.63, 3.8) is 0 Å². The lowest BCUT2D eigenvalue weighted by atomic mass is 10.2. The Morgan fingerprint density at radius 2 is 1.86 bits per heavy atom. The highest BCUT2D eigenvalue weighted by Crippen LogP contribution is 2.29. The lowest BCUT2D eigenvalue weighted by Crippen LogP contribution is -2.38. The number of hydrogen-bond acceptors (Lipinski definition) is 4. The van der Waals surface area contributed by atoms with E-state index in [1.165, 1.54) is 0 Å². The van der Waals surface area contributed by atoms with Gasteiger partial charge in [-0.3, -0.25) is 4.79 Å². The van der Waals surface area contributed by atoms with Gasteiger partial charge in [-0.15, -0.1) is 0 Å².